The van der Waals surface area contributed by atoms with Crippen LogP contribution in [-0.2, 0) is 28.7 Å². The molecule has 0 aliphatic heterocycles. The maximum atomic E-state index is 13.6. The molecule has 1 aliphatic rings. The summed E-state index contributed by atoms with van der Waals surface area (Å²) in [5.74, 6) is -0.618. The first kappa shape index (κ1) is 32.9. The van der Waals surface area contributed by atoms with E-state index in [1.54, 1.807) is 13.8 Å². The number of rotatable bonds is 14. The Morgan fingerprint density at radius 1 is 0.811 bits per heavy atom. The van der Waals surface area contributed by atoms with Crippen molar-refractivity contribution in [3.8, 4) is 0 Å². The number of allylic oxidation sites excluding steroid dienone is 4. The second-order valence-electron chi connectivity index (χ2n) is 12.7. The molecule has 1 aliphatic carbocycles. The van der Waals surface area contributed by atoms with Crippen LogP contribution < -0.4 is 5.32 Å². The molecule has 0 bridgehead atoms. The van der Waals surface area contributed by atoms with Crippen LogP contribution in [0.1, 0.15) is 102 Å². The van der Waals surface area contributed by atoms with E-state index < -0.39 is 10.8 Å². The summed E-state index contributed by atoms with van der Waals surface area (Å²) in [7, 11) is 0. The topological polar surface area (TPSA) is 98.8 Å². The lowest BCUT2D eigenvalue weighted by Crippen LogP contribution is -2.38. The van der Waals surface area contributed by atoms with Gasteiger partial charge in [0.1, 0.15) is 5.78 Å². The molecule has 210 valence electrons. The van der Waals surface area contributed by atoms with Crippen LogP contribution in [0.4, 0.5) is 0 Å². The Morgan fingerprint density at radius 3 is 1.76 bits per heavy atom. The van der Waals surface area contributed by atoms with Crippen LogP contribution in [0, 0.1) is 10.8 Å². The molecule has 0 saturated carbocycles. The third-order valence-electron chi connectivity index (χ3n) is 6.49. The van der Waals surface area contributed by atoms with E-state index in [2.05, 4.69) is 5.32 Å². The highest BCUT2D eigenvalue weighted by Crippen LogP contribution is 2.44. The highest BCUT2D eigenvalue weighted by molar-refractivity contribution is 6.26. The van der Waals surface area contributed by atoms with Crippen LogP contribution in [-0.4, -0.2) is 54.7 Å². The number of Topliss-reactive ketones (excluding diaryl/α,β-unsaturated/α-hetero) is 3. The van der Waals surface area contributed by atoms with Crippen molar-refractivity contribution in [1.82, 2.24) is 5.32 Å². The Hall–Kier alpha value is -2.12. The summed E-state index contributed by atoms with van der Waals surface area (Å²) in [6.45, 7) is 21.7. The van der Waals surface area contributed by atoms with E-state index in [0.29, 0.717) is 54.9 Å². The van der Waals surface area contributed by atoms with Crippen LogP contribution in [0.25, 0.3) is 0 Å². The van der Waals surface area contributed by atoms with Gasteiger partial charge in [-0.2, -0.15) is 0 Å². The van der Waals surface area contributed by atoms with Crippen molar-refractivity contribution in [2.45, 2.75) is 114 Å². The molecule has 37 heavy (non-hydrogen) atoms. The first-order valence-electron chi connectivity index (χ1n) is 13.4. The van der Waals surface area contributed by atoms with Crippen molar-refractivity contribution < 1.29 is 28.7 Å². The Bertz CT molecular complexity index is 944. The number of ketones is 3. The van der Waals surface area contributed by atoms with E-state index in [0.717, 1.165) is 0 Å². The molecule has 1 amide bonds. The van der Waals surface area contributed by atoms with Gasteiger partial charge < -0.3 is 14.8 Å². The van der Waals surface area contributed by atoms with E-state index in [1.165, 1.54) is 0 Å². The number of ether oxygens (including phenoxy) is 2. The number of carbonyl (C=O) groups excluding carboxylic acids is 4. The van der Waals surface area contributed by atoms with Gasteiger partial charge in [0.2, 0.25) is 5.91 Å². The zero-order valence-corrected chi connectivity index (χ0v) is 25.0. The summed E-state index contributed by atoms with van der Waals surface area (Å²) in [5.41, 5.74) is -0.401. The molecule has 0 saturated heterocycles. The van der Waals surface area contributed by atoms with E-state index in [-0.39, 0.29) is 47.8 Å². The second kappa shape index (κ2) is 13.1. The predicted octanol–water partition coefficient (Wildman–Crippen LogP) is 5.31. The van der Waals surface area contributed by atoms with Gasteiger partial charge in [-0.05, 0) is 54.9 Å². The smallest absolute Gasteiger partial charge is 0.220 e. The monoisotopic (exact) mass is 519 g/mol. The lowest BCUT2D eigenvalue weighted by molar-refractivity contribution is -0.124. The molecule has 7 nitrogen and oxygen atoms in total. The van der Waals surface area contributed by atoms with Crippen LogP contribution in [0.2, 0.25) is 0 Å². The average Bonchev–Trinajstić information content (AvgIpc) is 2.71. The molecule has 1 rings (SSSR count). The minimum absolute atomic E-state index is 0.0361. The van der Waals surface area contributed by atoms with E-state index in [9.17, 15) is 19.2 Å². The molecule has 0 unspecified atom stereocenters. The third-order valence-corrected chi connectivity index (χ3v) is 6.49. The molecule has 1 N–H and O–H groups in total. The van der Waals surface area contributed by atoms with Crippen molar-refractivity contribution in [1.29, 1.82) is 0 Å². The average molecular weight is 520 g/mol. The summed E-state index contributed by atoms with van der Waals surface area (Å²) in [4.78, 5) is 52.5. The third kappa shape index (κ3) is 9.93. The van der Waals surface area contributed by atoms with Crippen molar-refractivity contribution in [3.63, 3.8) is 0 Å². The fourth-order valence-corrected chi connectivity index (χ4v) is 4.93. The molecular formula is C30H49NO6. The molecule has 0 aromatic heterocycles. The van der Waals surface area contributed by atoms with Crippen LogP contribution in [0.5, 0.6) is 0 Å². The first-order valence-corrected chi connectivity index (χ1v) is 13.4. The largest absolute Gasteiger partial charge is 0.377 e. The SMILES string of the molecule is CC1=C(C(C)(C)CC(=O)CCCOC(C)(C)C)C(=O)C(C)=C(C(C)(C)CC(=O)NCCOC(C)C)C1=O. The predicted molar refractivity (Wildman–Crippen MR) is 146 cm³/mol. The zero-order chi connectivity index (χ0) is 28.8. The number of nitrogens with one attached hydrogen (secondary N) is 1. The molecule has 0 radical (unpaired) electrons. The van der Waals surface area contributed by atoms with Crippen LogP contribution in [0.15, 0.2) is 22.3 Å². The van der Waals surface area contributed by atoms with E-state index in [1.807, 2.05) is 62.3 Å². The van der Waals surface area contributed by atoms with E-state index in [4.69, 9.17) is 9.47 Å². The molecule has 0 aromatic rings. The van der Waals surface area contributed by atoms with Crippen molar-refractivity contribution in [2.24, 2.45) is 10.8 Å². The molecule has 0 aromatic carbocycles. The zero-order valence-electron chi connectivity index (χ0n) is 25.0. The summed E-state index contributed by atoms with van der Waals surface area (Å²) >= 11 is 0. The Morgan fingerprint density at radius 2 is 1.30 bits per heavy atom. The first-order chi connectivity index (χ1) is 16.8. The lowest BCUT2D eigenvalue weighted by atomic mass is 9.65. The van der Waals surface area contributed by atoms with Gasteiger partial charge in [0.05, 0.1) is 18.3 Å². The van der Waals surface area contributed by atoms with Gasteiger partial charge in [0, 0.05) is 65.5 Å². The van der Waals surface area contributed by atoms with E-state index >= 15 is 0 Å². The molecule has 0 atom stereocenters. The van der Waals surface area contributed by atoms with Gasteiger partial charge >= 0.3 is 0 Å². The quantitative estimate of drug-likeness (QED) is 0.247. The number of carbonyl (C=O) groups is 4. The van der Waals surface area contributed by atoms with Crippen molar-refractivity contribution >= 4 is 23.3 Å². The fraction of sp³-hybridized carbons (Fsp3) is 0.733. The molecule has 7 heteroatoms. The number of amides is 1. The fourth-order valence-electron chi connectivity index (χ4n) is 4.93. The molecular weight excluding hydrogens is 470 g/mol. The normalized spacial score (nSPS) is 15.7. The highest BCUT2D eigenvalue weighted by atomic mass is 16.5. The summed E-state index contributed by atoms with van der Waals surface area (Å²) in [6.07, 6.45) is 1.29. The van der Waals surface area contributed by atoms with Gasteiger partial charge in [0.25, 0.3) is 0 Å². The lowest BCUT2D eigenvalue weighted by Gasteiger charge is -2.36. The van der Waals surface area contributed by atoms with Gasteiger partial charge in [0.15, 0.2) is 11.6 Å². The molecule has 0 spiro atoms. The second-order valence-corrected chi connectivity index (χ2v) is 12.7. The van der Waals surface area contributed by atoms with Crippen LogP contribution >= 0.6 is 0 Å². The maximum Gasteiger partial charge on any atom is 0.220 e. The molecule has 0 heterocycles. The Balaban J connectivity index is 2.97. The number of hydrogen-bond acceptors (Lipinski definition) is 6. The maximum absolute atomic E-state index is 13.6. The Labute approximate surface area is 223 Å². The standard InChI is InChI=1S/C30H49NO6/c1-19(2)36-16-14-31-23(33)18-30(10,11)25-21(4)26(34)24(20(3)27(25)35)29(8,9)17-22(32)13-12-15-37-28(5,6)7/h19H,12-18H2,1-11H3,(H,31,33). The van der Waals surface area contributed by atoms with Gasteiger partial charge in [-0.25, -0.2) is 0 Å². The van der Waals surface area contributed by atoms with Gasteiger partial charge in [-0.1, -0.05) is 27.7 Å². The van der Waals surface area contributed by atoms with Gasteiger partial charge in [-0.3, -0.25) is 19.2 Å². The minimum atomic E-state index is -0.834. The summed E-state index contributed by atoms with van der Waals surface area (Å²) in [6, 6.07) is 0. The van der Waals surface area contributed by atoms with Crippen LogP contribution in [0.3, 0.4) is 0 Å². The highest BCUT2D eigenvalue weighted by Gasteiger charge is 2.43. The van der Waals surface area contributed by atoms with Crippen molar-refractivity contribution in [3.05, 3.63) is 22.3 Å². The summed E-state index contributed by atoms with van der Waals surface area (Å²) in [5, 5.41) is 2.83. The minimum Gasteiger partial charge on any atom is -0.377 e. The van der Waals surface area contributed by atoms with Crippen molar-refractivity contribution in [2.75, 3.05) is 19.8 Å². The Kier molecular flexibility index (Phi) is 11.7. The number of hydrogen-bond donors (Lipinski definition) is 1. The molecule has 0 fully saturated rings. The van der Waals surface area contributed by atoms with Gasteiger partial charge in [-0.15, -0.1) is 0 Å². The summed E-state index contributed by atoms with van der Waals surface area (Å²) < 4.78 is 11.1.